The average Bonchev–Trinajstić information content (AvgIpc) is 3.88. The van der Waals surface area contributed by atoms with Gasteiger partial charge < -0.3 is 9.80 Å². The third-order valence-electron chi connectivity index (χ3n) is 13.6. The summed E-state index contributed by atoms with van der Waals surface area (Å²) in [6.45, 7) is 9.61. The van der Waals surface area contributed by atoms with Crippen LogP contribution in [0.3, 0.4) is 0 Å². The highest BCUT2D eigenvalue weighted by atomic mass is 32.1. The van der Waals surface area contributed by atoms with E-state index in [1.54, 1.807) is 0 Å². The van der Waals surface area contributed by atoms with E-state index in [1.807, 2.05) is 11.3 Å². The van der Waals surface area contributed by atoms with Crippen molar-refractivity contribution in [3.05, 3.63) is 216 Å². The van der Waals surface area contributed by atoms with Crippen LogP contribution in [0.5, 0.6) is 0 Å². The lowest BCUT2D eigenvalue weighted by Crippen LogP contribution is -2.21. The minimum atomic E-state index is -0.290. The second-order valence-corrected chi connectivity index (χ2v) is 18.7. The van der Waals surface area contributed by atoms with Crippen LogP contribution in [0.4, 0.5) is 34.1 Å². The van der Waals surface area contributed by atoms with Crippen LogP contribution in [0.1, 0.15) is 49.9 Å². The van der Waals surface area contributed by atoms with Gasteiger partial charge in [-0.3, -0.25) is 0 Å². The Hall–Kier alpha value is -6.94. The van der Waals surface area contributed by atoms with Gasteiger partial charge >= 0.3 is 0 Å². The van der Waals surface area contributed by atoms with E-state index in [4.69, 9.17) is 0 Å². The molecule has 292 valence electrons. The van der Waals surface area contributed by atoms with Crippen molar-refractivity contribution in [3.63, 3.8) is 0 Å². The van der Waals surface area contributed by atoms with Crippen molar-refractivity contribution in [1.82, 2.24) is 0 Å². The summed E-state index contributed by atoms with van der Waals surface area (Å²) in [5.41, 5.74) is 17.4. The molecule has 0 unspecified atom stereocenters. The first-order valence-electron chi connectivity index (χ1n) is 21.4. The van der Waals surface area contributed by atoms with Crippen molar-refractivity contribution in [1.29, 1.82) is 0 Å². The van der Waals surface area contributed by atoms with Crippen LogP contribution in [-0.2, 0) is 10.8 Å². The minimum absolute atomic E-state index is 0.165. The van der Waals surface area contributed by atoms with Crippen LogP contribution >= 0.6 is 11.3 Å². The van der Waals surface area contributed by atoms with E-state index in [0.29, 0.717) is 0 Å². The molecule has 0 saturated carbocycles. The number of hydrogen-bond donors (Lipinski definition) is 0. The number of hydrogen-bond acceptors (Lipinski definition) is 3. The fourth-order valence-electron chi connectivity index (χ4n) is 10.8. The quantitative estimate of drug-likeness (QED) is 0.165. The molecule has 0 fully saturated rings. The summed E-state index contributed by atoms with van der Waals surface area (Å²) in [6, 6.07) is 72.1. The van der Waals surface area contributed by atoms with E-state index in [-0.39, 0.29) is 10.8 Å². The van der Waals surface area contributed by atoms with E-state index in [0.717, 1.165) is 17.1 Å². The number of rotatable bonds is 6. The minimum Gasteiger partial charge on any atom is -0.310 e. The predicted octanol–water partition coefficient (Wildman–Crippen LogP) is 16.8. The molecule has 9 aromatic carbocycles. The van der Waals surface area contributed by atoms with Gasteiger partial charge in [0.15, 0.2) is 0 Å². The topological polar surface area (TPSA) is 6.48 Å². The Morgan fingerprint density at radius 3 is 1.75 bits per heavy atom. The molecule has 61 heavy (non-hydrogen) atoms. The van der Waals surface area contributed by atoms with Gasteiger partial charge in [0.1, 0.15) is 0 Å². The van der Waals surface area contributed by atoms with Gasteiger partial charge in [-0.2, -0.15) is 0 Å². The molecule has 3 heteroatoms. The highest BCUT2D eigenvalue weighted by Gasteiger charge is 2.41. The molecule has 2 nitrogen and oxygen atoms in total. The molecule has 10 aromatic rings. The van der Waals surface area contributed by atoms with Crippen LogP contribution in [0.25, 0.3) is 53.2 Å². The Morgan fingerprint density at radius 2 is 0.967 bits per heavy atom. The standard InChI is InChI=1S/C58H44N2S/c1-57(2)48-35-39(59(37-19-7-5-8-20-37)50-30-17-27-44-40-23-13-15-29-47(40)58(3,4)55(44)50)33-34-46(48)54-43-26-12-11-24-41(43)52(36-49(54)57)60(38-21-9-6-10-22-38)51-31-18-28-45-42-25-14-16-32-53(42)61-56(45)51/h5-36H,1-4H3. The van der Waals surface area contributed by atoms with Gasteiger partial charge in [-0.25, -0.2) is 0 Å². The summed E-state index contributed by atoms with van der Waals surface area (Å²) < 4.78 is 2.60. The van der Waals surface area contributed by atoms with Gasteiger partial charge in [-0.1, -0.05) is 161 Å². The van der Waals surface area contributed by atoms with Gasteiger partial charge in [0.05, 0.1) is 21.8 Å². The van der Waals surface area contributed by atoms with Gasteiger partial charge in [0, 0.05) is 48.8 Å². The molecule has 0 N–H and O–H groups in total. The van der Waals surface area contributed by atoms with Gasteiger partial charge in [-0.05, 0) is 111 Å². The zero-order valence-corrected chi connectivity index (χ0v) is 35.6. The zero-order valence-electron chi connectivity index (χ0n) is 34.8. The van der Waals surface area contributed by atoms with Gasteiger partial charge in [0.25, 0.3) is 0 Å². The van der Waals surface area contributed by atoms with Crippen LogP contribution in [-0.4, -0.2) is 0 Å². The smallest absolute Gasteiger partial charge is 0.0640 e. The van der Waals surface area contributed by atoms with Crippen molar-refractivity contribution in [2.75, 3.05) is 9.80 Å². The van der Waals surface area contributed by atoms with Crippen molar-refractivity contribution in [2.45, 2.75) is 38.5 Å². The van der Waals surface area contributed by atoms with Crippen molar-refractivity contribution >= 4 is 76.4 Å². The maximum Gasteiger partial charge on any atom is 0.0640 e. The fourth-order valence-corrected chi connectivity index (χ4v) is 12.0. The molecule has 1 heterocycles. The lowest BCUT2D eigenvalue weighted by molar-refractivity contribution is 0.659. The Balaban J connectivity index is 1.07. The molecule has 0 spiro atoms. The summed E-state index contributed by atoms with van der Waals surface area (Å²) in [5, 5.41) is 5.12. The average molecular weight is 801 g/mol. The Morgan fingerprint density at radius 1 is 0.361 bits per heavy atom. The number of anilines is 6. The highest BCUT2D eigenvalue weighted by Crippen LogP contribution is 2.58. The van der Waals surface area contributed by atoms with Crippen LogP contribution in [0.2, 0.25) is 0 Å². The number of para-hydroxylation sites is 2. The van der Waals surface area contributed by atoms with Crippen LogP contribution in [0, 0.1) is 0 Å². The first kappa shape index (κ1) is 36.0. The van der Waals surface area contributed by atoms with Crippen LogP contribution < -0.4 is 9.80 Å². The Bertz CT molecular complexity index is 3380. The molecule has 0 bridgehead atoms. The van der Waals surface area contributed by atoms with Crippen molar-refractivity contribution < 1.29 is 0 Å². The first-order valence-corrected chi connectivity index (χ1v) is 22.2. The summed E-state index contributed by atoms with van der Waals surface area (Å²) in [7, 11) is 0. The Labute approximate surface area is 361 Å². The largest absolute Gasteiger partial charge is 0.310 e. The molecule has 0 aliphatic heterocycles. The van der Waals surface area contributed by atoms with E-state index < -0.39 is 0 Å². The third-order valence-corrected chi connectivity index (χ3v) is 14.8. The summed E-state index contributed by atoms with van der Waals surface area (Å²) in [5.74, 6) is 0. The van der Waals surface area contributed by atoms with E-state index >= 15 is 0 Å². The normalized spacial score (nSPS) is 14.2. The van der Waals surface area contributed by atoms with Crippen LogP contribution in [0.15, 0.2) is 194 Å². The first-order chi connectivity index (χ1) is 29.8. The second-order valence-electron chi connectivity index (χ2n) is 17.7. The molecular weight excluding hydrogens is 757 g/mol. The predicted molar refractivity (Wildman–Crippen MR) is 261 cm³/mol. The monoisotopic (exact) mass is 800 g/mol. The molecule has 0 amide bonds. The number of nitrogens with zero attached hydrogens (tertiary/aromatic N) is 2. The summed E-state index contributed by atoms with van der Waals surface area (Å²) in [4.78, 5) is 5.01. The Kier molecular flexibility index (Phi) is 7.83. The molecule has 2 aliphatic rings. The lowest BCUT2D eigenvalue weighted by atomic mass is 9.80. The van der Waals surface area contributed by atoms with E-state index in [9.17, 15) is 0 Å². The van der Waals surface area contributed by atoms with E-state index in [1.165, 1.54) is 92.5 Å². The second kappa shape index (κ2) is 13.3. The lowest BCUT2D eigenvalue weighted by Gasteiger charge is -2.33. The number of thiophene rings is 1. The van der Waals surface area contributed by atoms with Crippen molar-refractivity contribution in [2.24, 2.45) is 0 Å². The summed E-state index contributed by atoms with van der Waals surface area (Å²) in [6.07, 6.45) is 0. The molecule has 0 atom stereocenters. The number of fused-ring (bicyclic) bond motifs is 11. The highest BCUT2D eigenvalue weighted by molar-refractivity contribution is 7.26. The van der Waals surface area contributed by atoms with Gasteiger partial charge in [-0.15, -0.1) is 11.3 Å². The SMILES string of the molecule is CC1(C)c2cc(N(c3ccccc3)c3cccc4c3C(C)(C)c3ccccc3-4)ccc2-c2c1cc(N(c1ccccc1)c1cccc3c1sc1ccccc13)c1ccccc21. The fraction of sp³-hybridized carbons (Fsp3) is 0.103. The maximum absolute atomic E-state index is 2.51. The number of benzene rings is 9. The molecular formula is C58H44N2S. The molecule has 2 aliphatic carbocycles. The molecule has 1 aromatic heterocycles. The van der Waals surface area contributed by atoms with Gasteiger partial charge in [0.2, 0.25) is 0 Å². The molecule has 0 saturated heterocycles. The van der Waals surface area contributed by atoms with E-state index in [2.05, 4.69) is 232 Å². The maximum atomic E-state index is 2.51. The molecule has 0 radical (unpaired) electrons. The zero-order chi connectivity index (χ0) is 41.0. The molecule has 12 rings (SSSR count). The van der Waals surface area contributed by atoms with Crippen molar-refractivity contribution in [3.8, 4) is 22.3 Å². The summed E-state index contributed by atoms with van der Waals surface area (Å²) >= 11 is 1.88. The third kappa shape index (κ3) is 5.20.